The van der Waals surface area contributed by atoms with Gasteiger partial charge >= 0.3 is 5.97 Å². The number of carboxylic acids is 1. The van der Waals surface area contributed by atoms with Gasteiger partial charge in [0.15, 0.2) is 9.84 Å². The fourth-order valence-electron chi connectivity index (χ4n) is 1.80. The molecule has 0 aliphatic carbocycles. The minimum Gasteiger partial charge on any atom is -0.485 e. The Bertz CT molecular complexity index is 612. The number of carboxylic acid groups (broad SMARTS) is 1. The summed E-state index contributed by atoms with van der Waals surface area (Å²) in [5.74, 6) is -1.34. The molecule has 104 valence electrons. The van der Waals surface area contributed by atoms with Crippen molar-refractivity contribution in [1.82, 2.24) is 0 Å². The van der Waals surface area contributed by atoms with E-state index in [9.17, 15) is 18.3 Å². The largest absolute Gasteiger partial charge is 0.485 e. The Morgan fingerprint density at radius 3 is 2.53 bits per heavy atom. The Morgan fingerprint density at radius 2 is 2.05 bits per heavy atom. The van der Waals surface area contributed by atoms with Gasteiger partial charge in [-0.25, -0.2) is 13.2 Å². The van der Waals surface area contributed by atoms with Gasteiger partial charge in [0, 0.05) is 0 Å². The first kappa shape index (κ1) is 14.3. The minimum atomic E-state index is -3.28. The zero-order valence-corrected chi connectivity index (χ0v) is 12.0. The topological polar surface area (TPSA) is 101 Å². The molecule has 0 aromatic heterocycles. The summed E-state index contributed by atoms with van der Waals surface area (Å²) in [5, 5.41) is 18.4. The van der Waals surface area contributed by atoms with Crippen LogP contribution in [0.5, 0.6) is 5.75 Å². The molecule has 0 spiro atoms. The van der Waals surface area contributed by atoms with Gasteiger partial charge in [0.2, 0.25) is 0 Å². The van der Waals surface area contributed by atoms with Crippen LogP contribution >= 0.6 is 15.9 Å². The van der Waals surface area contributed by atoms with Crippen molar-refractivity contribution in [3.05, 3.63) is 28.2 Å². The van der Waals surface area contributed by atoms with Crippen LogP contribution < -0.4 is 4.74 Å². The molecule has 19 heavy (non-hydrogen) atoms. The Balaban J connectivity index is 2.18. The van der Waals surface area contributed by atoms with Gasteiger partial charge in [-0.15, -0.1) is 0 Å². The summed E-state index contributed by atoms with van der Waals surface area (Å²) in [4.78, 5) is 10.8. The van der Waals surface area contributed by atoms with Crippen LogP contribution in [-0.2, 0) is 9.84 Å². The van der Waals surface area contributed by atoms with Gasteiger partial charge in [-0.2, -0.15) is 0 Å². The lowest BCUT2D eigenvalue weighted by Crippen LogP contribution is -2.29. The molecule has 0 saturated carbocycles. The van der Waals surface area contributed by atoms with E-state index in [1.54, 1.807) is 0 Å². The van der Waals surface area contributed by atoms with Crippen LogP contribution in [0.25, 0.3) is 0 Å². The lowest BCUT2D eigenvalue weighted by atomic mass is 10.2. The standard InChI is InChI=1S/C11H11BrO6S/c12-7-3-6(11(14)15)1-2-9(7)18-10-5-19(16,17)4-8(10)13/h1-3,8,10,13H,4-5H2,(H,14,15). The number of aliphatic hydroxyl groups excluding tert-OH is 1. The number of sulfone groups is 1. The average Bonchev–Trinajstić information content (AvgIpc) is 2.54. The fraction of sp³-hybridized carbons (Fsp3) is 0.364. The first-order valence-corrected chi connectivity index (χ1v) is 7.98. The molecule has 0 amide bonds. The van der Waals surface area contributed by atoms with Crippen molar-refractivity contribution < 1.29 is 28.2 Å². The molecule has 2 atom stereocenters. The molecular formula is C11H11BrO6S. The predicted octanol–water partition coefficient (Wildman–Crippen LogP) is 0.684. The van der Waals surface area contributed by atoms with E-state index in [1.165, 1.54) is 18.2 Å². The molecule has 2 N–H and O–H groups in total. The lowest BCUT2D eigenvalue weighted by Gasteiger charge is -2.16. The van der Waals surface area contributed by atoms with E-state index in [1.807, 2.05) is 0 Å². The molecule has 6 nitrogen and oxygen atoms in total. The van der Waals surface area contributed by atoms with Crippen LogP contribution in [0.2, 0.25) is 0 Å². The number of rotatable bonds is 3. The molecule has 1 saturated heterocycles. The normalized spacial score (nSPS) is 25.2. The smallest absolute Gasteiger partial charge is 0.335 e. The highest BCUT2D eigenvalue weighted by atomic mass is 79.9. The van der Waals surface area contributed by atoms with Crippen LogP contribution in [0.4, 0.5) is 0 Å². The third-order valence-corrected chi connectivity index (χ3v) is 5.03. The van der Waals surface area contributed by atoms with Crippen LogP contribution in [0.1, 0.15) is 10.4 Å². The van der Waals surface area contributed by atoms with Crippen LogP contribution in [0.15, 0.2) is 22.7 Å². The highest BCUT2D eigenvalue weighted by Gasteiger charge is 2.38. The molecule has 2 rings (SSSR count). The second-order valence-corrected chi connectivity index (χ2v) is 7.26. The Hall–Kier alpha value is -1.12. The lowest BCUT2D eigenvalue weighted by molar-refractivity contribution is 0.0692. The summed E-state index contributed by atoms with van der Waals surface area (Å²) >= 11 is 3.15. The molecule has 1 aromatic rings. The molecule has 1 fully saturated rings. The number of halogens is 1. The number of benzene rings is 1. The van der Waals surface area contributed by atoms with Crippen molar-refractivity contribution in [2.75, 3.05) is 11.5 Å². The fourth-order valence-corrected chi connectivity index (χ4v) is 3.94. The van der Waals surface area contributed by atoms with E-state index >= 15 is 0 Å². The summed E-state index contributed by atoms with van der Waals surface area (Å²) in [6, 6.07) is 4.12. The second kappa shape index (κ2) is 5.10. The van der Waals surface area contributed by atoms with Gasteiger partial charge in [0.05, 0.1) is 21.5 Å². The SMILES string of the molecule is O=C(O)c1ccc(OC2CS(=O)(=O)CC2O)c(Br)c1. The molecule has 1 aromatic carbocycles. The van der Waals surface area contributed by atoms with E-state index in [2.05, 4.69) is 15.9 Å². The number of carbonyl (C=O) groups is 1. The van der Waals surface area contributed by atoms with Gasteiger partial charge in [-0.1, -0.05) is 0 Å². The Labute approximate surface area is 118 Å². The molecule has 1 aliphatic rings. The summed E-state index contributed by atoms with van der Waals surface area (Å²) in [6.07, 6.45) is -1.91. The van der Waals surface area contributed by atoms with Crippen molar-refractivity contribution in [2.24, 2.45) is 0 Å². The maximum atomic E-state index is 11.3. The molecular weight excluding hydrogens is 340 g/mol. The van der Waals surface area contributed by atoms with E-state index in [0.717, 1.165) is 0 Å². The number of aliphatic hydroxyl groups is 1. The van der Waals surface area contributed by atoms with E-state index in [4.69, 9.17) is 9.84 Å². The second-order valence-electron chi connectivity index (χ2n) is 4.25. The van der Waals surface area contributed by atoms with Gasteiger partial charge in [-0.3, -0.25) is 0 Å². The van der Waals surface area contributed by atoms with E-state index in [-0.39, 0.29) is 17.1 Å². The maximum Gasteiger partial charge on any atom is 0.335 e. The van der Waals surface area contributed by atoms with Gasteiger partial charge in [0.25, 0.3) is 0 Å². The molecule has 1 heterocycles. The van der Waals surface area contributed by atoms with Crippen LogP contribution in [0, 0.1) is 0 Å². The number of ether oxygens (including phenoxy) is 1. The van der Waals surface area contributed by atoms with Gasteiger partial charge < -0.3 is 14.9 Å². The quantitative estimate of drug-likeness (QED) is 0.831. The highest BCUT2D eigenvalue weighted by molar-refractivity contribution is 9.10. The predicted molar refractivity (Wildman–Crippen MR) is 70.2 cm³/mol. The first-order chi connectivity index (χ1) is 8.78. The Morgan fingerprint density at radius 1 is 1.37 bits per heavy atom. The molecule has 0 bridgehead atoms. The highest BCUT2D eigenvalue weighted by Crippen LogP contribution is 2.29. The van der Waals surface area contributed by atoms with E-state index < -0.39 is 28.0 Å². The van der Waals surface area contributed by atoms with Crippen molar-refractivity contribution in [3.8, 4) is 5.75 Å². The third kappa shape index (κ3) is 3.26. The summed E-state index contributed by atoms with van der Waals surface area (Å²) in [7, 11) is -3.28. The summed E-state index contributed by atoms with van der Waals surface area (Å²) in [6.45, 7) is 0. The number of aromatic carboxylic acids is 1. The molecule has 2 unspecified atom stereocenters. The zero-order valence-electron chi connectivity index (χ0n) is 9.61. The number of hydrogen-bond donors (Lipinski definition) is 2. The zero-order chi connectivity index (χ0) is 14.2. The van der Waals surface area contributed by atoms with Crippen molar-refractivity contribution in [1.29, 1.82) is 0 Å². The van der Waals surface area contributed by atoms with E-state index in [0.29, 0.717) is 10.2 Å². The van der Waals surface area contributed by atoms with Crippen LogP contribution in [0.3, 0.4) is 0 Å². The third-order valence-electron chi connectivity index (χ3n) is 2.73. The average molecular weight is 351 g/mol. The number of hydrogen-bond acceptors (Lipinski definition) is 5. The van der Waals surface area contributed by atoms with Crippen LogP contribution in [-0.4, -0.2) is 48.3 Å². The van der Waals surface area contributed by atoms with Crippen molar-refractivity contribution in [3.63, 3.8) is 0 Å². The van der Waals surface area contributed by atoms with Gasteiger partial charge in [-0.05, 0) is 34.1 Å². The van der Waals surface area contributed by atoms with Crippen molar-refractivity contribution in [2.45, 2.75) is 12.2 Å². The summed E-state index contributed by atoms with van der Waals surface area (Å²) < 4.78 is 28.5. The van der Waals surface area contributed by atoms with Gasteiger partial charge in [0.1, 0.15) is 18.0 Å². The molecule has 8 heteroatoms. The maximum absolute atomic E-state index is 11.3. The molecule has 0 radical (unpaired) electrons. The minimum absolute atomic E-state index is 0.0822. The monoisotopic (exact) mass is 350 g/mol. The Kier molecular flexibility index (Phi) is 3.84. The van der Waals surface area contributed by atoms with Crippen molar-refractivity contribution >= 4 is 31.7 Å². The summed E-state index contributed by atoms with van der Waals surface area (Å²) in [5.41, 5.74) is 0.0822. The molecule has 1 aliphatic heterocycles. The first-order valence-electron chi connectivity index (χ1n) is 5.36.